The highest BCUT2D eigenvalue weighted by Gasteiger charge is 2.22. The molecule has 2 aromatic heterocycles. The van der Waals surface area contributed by atoms with Gasteiger partial charge in [-0.05, 0) is 35.9 Å². The molecule has 0 N–H and O–H groups in total. The highest BCUT2D eigenvalue weighted by molar-refractivity contribution is 7.99. The van der Waals surface area contributed by atoms with Crippen LogP contribution in [0.25, 0.3) is 21.9 Å². The summed E-state index contributed by atoms with van der Waals surface area (Å²) in [7, 11) is 0. The molecule has 0 saturated carbocycles. The van der Waals surface area contributed by atoms with Crippen LogP contribution in [0.4, 0.5) is 4.39 Å². The zero-order chi connectivity index (χ0) is 17.8. The summed E-state index contributed by atoms with van der Waals surface area (Å²) in [4.78, 5) is 17.8. The van der Waals surface area contributed by atoms with Crippen molar-refractivity contribution in [3.8, 4) is 0 Å². The topological polar surface area (TPSA) is 39.8 Å². The third kappa shape index (κ3) is 2.36. The van der Waals surface area contributed by atoms with Gasteiger partial charge >= 0.3 is 0 Å². The molecule has 7 heteroatoms. The van der Waals surface area contributed by atoms with Crippen molar-refractivity contribution in [1.29, 1.82) is 0 Å². The Labute approximate surface area is 157 Å². The summed E-state index contributed by atoms with van der Waals surface area (Å²) in [5, 5.41) is 2.04. The molecule has 4 nitrogen and oxygen atoms in total. The van der Waals surface area contributed by atoms with E-state index in [9.17, 15) is 9.18 Å². The van der Waals surface area contributed by atoms with Crippen LogP contribution in [-0.2, 0) is 13.1 Å². The van der Waals surface area contributed by atoms with Gasteiger partial charge in [0.15, 0.2) is 5.16 Å². The van der Waals surface area contributed by atoms with Gasteiger partial charge in [-0.15, -0.1) is 0 Å². The number of hydrogen-bond acceptors (Lipinski definition) is 3. The molecule has 1 aliphatic heterocycles. The van der Waals surface area contributed by atoms with E-state index < -0.39 is 0 Å². The van der Waals surface area contributed by atoms with Crippen LogP contribution in [0.3, 0.4) is 0 Å². The fourth-order valence-corrected chi connectivity index (χ4v) is 4.55. The molecule has 4 aromatic rings. The van der Waals surface area contributed by atoms with Gasteiger partial charge in [-0.25, -0.2) is 9.37 Å². The van der Waals surface area contributed by atoms with E-state index in [2.05, 4.69) is 4.98 Å². The van der Waals surface area contributed by atoms with E-state index >= 15 is 0 Å². The maximum absolute atomic E-state index is 13.9. The van der Waals surface area contributed by atoms with Crippen molar-refractivity contribution in [3.63, 3.8) is 0 Å². The van der Waals surface area contributed by atoms with Gasteiger partial charge in [0.1, 0.15) is 16.9 Å². The van der Waals surface area contributed by atoms with Crippen LogP contribution < -0.4 is 5.56 Å². The number of thioether (sulfide) groups is 1. The minimum atomic E-state index is -0.335. The lowest BCUT2D eigenvalue weighted by Crippen LogP contribution is -2.22. The second kappa shape index (κ2) is 5.86. The fourth-order valence-electron chi connectivity index (χ4n) is 3.48. The van der Waals surface area contributed by atoms with Gasteiger partial charge in [-0.2, -0.15) is 0 Å². The minimum Gasteiger partial charge on any atom is -0.330 e. The number of hydrogen-bond donors (Lipinski definition) is 0. The van der Waals surface area contributed by atoms with Crippen LogP contribution in [-0.4, -0.2) is 19.9 Å². The highest BCUT2D eigenvalue weighted by atomic mass is 35.5. The summed E-state index contributed by atoms with van der Waals surface area (Å²) in [6.07, 6.45) is 0. The largest absolute Gasteiger partial charge is 0.330 e. The Balaban J connectivity index is 1.84. The first-order valence-electron chi connectivity index (χ1n) is 8.21. The molecule has 0 aliphatic carbocycles. The highest BCUT2D eigenvalue weighted by Crippen LogP contribution is 2.31. The molecule has 2 aromatic carbocycles. The molecule has 5 rings (SSSR count). The minimum absolute atomic E-state index is 0.0689. The van der Waals surface area contributed by atoms with Crippen molar-refractivity contribution >= 4 is 45.3 Å². The second-order valence-electron chi connectivity index (χ2n) is 6.27. The fraction of sp³-hybridized carbons (Fsp3) is 0.158. The molecule has 0 unspecified atom stereocenters. The first-order valence-corrected chi connectivity index (χ1v) is 9.58. The third-order valence-electron chi connectivity index (χ3n) is 4.68. The van der Waals surface area contributed by atoms with E-state index in [4.69, 9.17) is 11.6 Å². The Morgan fingerprint density at radius 3 is 2.81 bits per heavy atom. The lowest BCUT2D eigenvalue weighted by atomic mass is 10.2. The summed E-state index contributed by atoms with van der Waals surface area (Å²) in [6, 6.07) is 12.1. The Hall–Kier alpha value is -2.31. The molecule has 130 valence electrons. The van der Waals surface area contributed by atoms with Crippen molar-refractivity contribution < 1.29 is 4.39 Å². The van der Waals surface area contributed by atoms with E-state index in [0.29, 0.717) is 39.7 Å². The number of aromatic nitrogens is 3. The summed E-state index contributed by atoms with van der Waals surface area (Å²) in [5.41, 5.74) is 2.83. The molecule has 0 amide bonds. The van der Waals surface area contributed by atoms with Gasteiger partial charge in [0.25, 0.3) is 5.56 Å². The Bertz CT molecular complexity index is 1230. The third-order valence-corrected chi connectivity index (χ3v) is 5.89. The van der Waals surface area contributed by atoms with Gasteiger partial charge in [0.2, 0.25) is 0 Å². The smallest absolute Gasteiger partial charge is 0.278 e. The monoisotopic (exact) mass is 385 g/mol. The molecule has 0 atom stereocenters. The summed E-state index contributed by atoms with van der Waals surface area (Å²) >= 11 is 7.53. The second-order valence-corrected chi connectivity index (χ2v) is 7.77. The van der Waals surface area contributed by atoms with Crippen molar-refractivity contribution in [2.75, 3.05) is 5.75 Å². The maximum Gasteiger partial charge on any atom is 0.278 e. The molecule has 0 saturated heterocycles. The van der Waals surface area contributed by atoms with Gasteiger partial charge in [-0.3, -0.25) is 9.36 Å². The van der Waals surface area contributed by atoms with Crippen LogP contribution in [0.5, 0.6) is 0 Å². The van der Waals surface area contributed by atoms with Crippen LogP contribution in [0.1, 0.15) is 5.56 Å². The number of rotatable bonds is 2. The van der Waals surface area contributed by atoms with Crippen LogP contribution in [0.15, 0.2) is 52.4 Å². The molecule has 0 bridgehead atoms. The van der Waals surface area contributed by atoms with E-state index in [0.717, 1.165) is 16.8 Å². The SMILES string of the molecule is O=c1c2c(nc3n1CCS3)c1cc(F)ccc1n2Cc1ccc(Cl)cc1. The van der Waals surface area contributed by atoms with Crippen molar-refractivity contribution in [2.24, 2.45) is 0 Å². The Morgan fingerprint density at radius 2 is 2.00 bits per heavy atom. The summed E-state index contributed by atoms with van der Waals surface area (Å²) < 4.78 is 17.5. The normalized spacial score (nSPS) is 13.6. The molecular formula is C19H13ClFN3OS. The average Bonchev–Trinajstić information content (AvgIpc) is 3.21. The number of nitrogens with zero attached hydrogens (tertiary/aromatic N) is 3. The first kappa shape index (κ1) is 15.9. The Morgan fingerprint density at radius 1 is 1.19 bits per heavy atom. The Kier molecular flexibility index (Phi) is 3.58. The zero-order valence-electron chi connectivity index (χ0n) is 13.6. The predicted molar refractivity (Wildman–Crippen MR) is 103 cm³/mol. The van der Waals surface area contributed by atoms with Crippen LogP contribution in [0.2, 0.25) is 5.02 Å². The molecule has 1 aliphatic rings. The predicted octanol–water partition coefficient (Wildman–Crippen LogP) is 4.30. The maximum atomic E-state index is 13.9. The van der Waals surface area contributed by atoms with E-state index in [1.165, 1.54) is 12.1 Å². The number of benzene rings is 2. The molecule has 26 heavy (non-hydrogen) atoms. The lowest BCUT2D eigenvalue weighted by Gasteiger charge is -2.08. The quantitative estimate of drug-likeness (QED) is 0.483. The average molecular weight is 386 g/mol. The van der Waals surface area contributed by atoms with E-state index in [-0.39, 0.29) is 11.4 Å². The van der Waals surface area contributed by atoms with Crippen molar-refractivity contribution in [2.45, 2.75) is 18.2 Å². The standard InChI is InChI=1S/C19H13ClFN3OS/c20-12-3-1-11(2-4-12)10-24-15-6-5-13(21)9-14(15)16-17(24)18(25)23-7-8-26-19(23)22-16/h1-6,9H,7-8,10H2. The summed E-state index contributed by atoms with van der Waals surface area (Å²) in [6.45, 7) is 1.14. The van der Waals surface area contributed by atoms with Gasteiger partial charge < -0.3 is 4.57 Å². The molecule has 0 fully saturated rings. The van der Waals surface area contributed by atoms with Crippen LogP contribution in [0, 0.1) is 5.82 Å². The van der Waals surface area contributed by atoms with Gasteiger partial charge in [0.05, 0.1) is 5.52 Å². The molecule has 3 heterocycles. The van der Waals surface area contributed by atoms with Crippen molar-refractivity contribution in [1.82, 2.24) is 14.1 Å². The first-order chi connectivity index (χ1) is 12.6. The van der Waals surface area contributed by atoms with Gasteiger partial charge in [0, 0.05) is 29.3 Å². The molecule has 0 spiro atoms. The van der Waals surface area contributed by atoms with Crippen LogP contribution >= 0.6 is 23.4 Å². The van der Waals surface area contributed by atoms with Crippen molar-refractivity contribution in [3.05, 3.63) is 69.2 Å². The zero-order valence-corrected chi connectivity index (χ0v) is 15.1. The van der Waals surface area contributed by atoms with E-state index in [1.54, 1.807) is 22.4 Å². The van der Waals surface area contributed by atoms with E-state index in [1.807, 2.05) is 28.8 Å². The van der Waals surface area contributed by atoms with Gasteiger partial charge in [-0.1, -0.05) is 35.5 Å². The number of halogens is 2. The summed E-state index contributed by atoms with van der Waals surface area (Å²) in [5.74, 6) is 0.497. The number of fused-ring (bicyclic) bond motifs is 4. The molecule has 0 radical (unpaired) electrons. The lowest BCUT2D eigenvalue weighted by molar-refractivity contribution is 0.629. The molecular weight excluding hydrogens is 373 g/mol.